The molecule has 0 amide bonds. The standard InChI is InChI=1S/C25H25N3O2/c1-15(2)16-11-13-17(14-12-16)21-22-19(9-6-10-20(22)29)26-24-23(21)25(30)28(27-24)18-7-4-3-5-8-18/h3-5,7-8,11-15,21,26-27H,6,9-10H2,1-2H3/t21-/m0/s1. The topological polar surface area (TPSA) is 66.9 Å². The molecule has 1 aliphatic carbocycles. The Morgan fingerprint density at radius 1 is 0.967 bits per heavy atom. The van der Waals surface area contributed by atoms with Crippen molar-refractivity contribution in [1.82, 2.24) is 9.78 Å². The van der Waals surface area contributed by atoms with Gasteiger partial charge >= 0.3 is 0 Å². The molecule has 5 rings (SSSR count). The van der Waals surface area contributed by atoms with Gasteiger partial charge in [-0.2, -0.15) is 0 Å². The summed E-state index contributed by atoms with van der Waals surface area (Å²) in [5.41, 5.74) is 5.20. The van der Waals surface area contributed by atoms with Crippen molar-refractivity contribution in [2.24, 2.45) is 0 Å². The van der Waals surface area contributed by atoms with Gasteiger partial charge in [0.05, 0.1) is 11.3 Å². The Hall–Kier alpha value is -3.34. The third kappa shape index (κ3) is 2.93. The Morgan fingerprint density at radius 3 is 2.40 bits per heavy atom. The Balaban J connectivity index is 1.71. The first-order valence-corrected chi connectivity index (χ1v) is 10.6. The summed E-state index contributed by atoms with van der Waals surface area (Å²) in [6.45, 7) is 4.32. The number of aromatic nitrogens is 2. The van der Waals surface area contributed by atoms with Crippen molar-refractivity contribution in [3.8, 4) is 5.69 Å². The molecule has 2 aromatic carbocycles. The van der Waals surface area contributed by atoms with Crippen molar-refractivity contribution in [3.05, 3.63) is 92.9 Å². The first kappa shape index (κ1) is 18.7. The molecule has 2 N–H and O–H groups in total. The van der Waals surface area contributed by atoms with Crippen LogP contribution in [-0.4, -0.2) is 15.6 Å². The predicted molar refractivity (Wildman–Crippen MR) is 118 cm³/mol. The highest BCUT2D eigenvalue weighted by molar-refractivity contribution is 6.00. The minimum absolute atomic E-state index is 0.119. The van der Waals surface area contributed by atoms with Crippen LogP contribution >= 0.6 is 0 Å². The summed E-state index contributed by atoms with van der Waals surface area (Å²) >= 11 is 0. The molecular weight excluding hydrogens is 374 g/mol. The molecule has 5 nitrogen and oxygen atoms in total. The number of carbonyl (C=O) groups is 1. The van der Waals surface area contributed by atoms with Crippen molar-refractivity contribution in [1.29, 1.82) is 0 Å². The van der Waals surface area contributed by atoms with E-state index in [1.165, 1.54) is 5.56 Å². The molecular formula is C25H25N3O2. The van der Waals surface area contributed by atoms with Gasteiger partial charge in [0.15, 0.2) is 5.78 Å². The number of carbonyl (C=O) groups excluding carboxylic acids is 1. The molecule has 2 heterocycles. The van der Waals surface area contributed by atoms with Crippen LogP contribution in [0.3, 0.4) is 0 Å². The van der Waals surface area contributed by atoms with Gasteiger partial charge in [0, 0.05) is 23.6 Å². The molecule has 0 unspecified atom stereocenters. The quantitative estimate of drug-likeness (QED) is 0.661. The number of anilines is 1. The van der Waals surface area contributed by atoms with Crippen LogP contribution in [0.1, 0.15) is 61.6 Å². The summed E-state index contributed by atoms with van der Waals surface area (Å²) in [7, 11) is 0. The van der Waals surface area contributed by atoms with Crippen LogP contribution in [0.4, 0.5) is 5.82 Å². The first-order chi connectivity index (χ1) is 14.5. The van der Waals surface area contributed by atoms with Crippen LogP contribution in [0.25, 0.3) is 5.69 Å². The van der Waals surface area contributed by atoms with E-state index in [0.717, 1.165) is 35.4 Å². The fourth-order valence-electron chi connectivity index (χ4n) is 4.60. The third-order valence-corrected chi connectivity index (χ3v) is 6.19. The molecule has 0 bridgehead atoms. The number of allylic oxidation sites excluding steroid dienone is 2. The van der Waals surface area contributed by atoms with Crippen molar-refractivity contribution in [3.63, 3.8) is 0 Å². The molecule has 1 aromatic heterocycles. The number of aromatic amines is 1. The van der Waals surface area contributed by atoms with Crippen LogP contribution in [0, 0.1) is 0 Å². The summed E-state index contributed by atoms with van der Waals surface area (Å²) in [4.78, 5) is 26.5. The zero-order chi connectivity index (χ0) is 20.8. The summed E-state index contributed by atoms with van der Waals surface area (Å²) < 4.78 is 1.57. The molecule has 2 aliphatic rings. The number of rotatable bonds is 3. The highest BCUT2D eigenvalue weighted by Crippen LogP contribution is 2.43. The average Bonchev–Trinajstić information content (AvgIpc) is 3.09. The number of Topliss-reactive ketones (excluding diaryl/α,β-unsaturated/α-hetero) is 1. The molecule has 0 saturated heterocycles. The molecule has 5 heteroatoms. The molecule has 1 atom stereocenters. The van der Waals surface area contributed by atoms with E-state index in [1.54, 1.807) is 4.68 Å². The Labute approximate surface area is 175 Å². The maximum Gasteiger partial charge on any atom is 0.277 e. The van der Waals surface area contributed by atoms with E-state index in [-0.39, 0.29) is 17.3 Å². The van der Waals surface area contributed by atoms with Gasteiger partial charge in [0.2, 0.25) is 0 Å². The lowest BCUT2D eigenvalue weighted by Crippen LogP contribution is -2.29. The number of nitrogens with one attached hydrogen (secondary N) is 2. The fraction of sp³-hybridized carbons (Fsp3) is 0.280. The van der Waals surface area contributed by atoms with Gasteiger partial charge < -0.3 is 5.32 Å². The van der Waals surface area contributed by atoms with Crippen molar-refractivity contribution in [2.75, 3.05) is 5.32 Å². The molecule has 0 spiro atoms. The Kier molecular flexibility index (Phi) is 4.46. The van der Waals surface area contributed by atoms with Crippen LogP contribution in [0.5, 0.6) is 0 Å². The van der Waals surface area contributed by atoms with Gasteiger partial charge in [-0.1, -0.05) is 56.3 Å². The van der Waals surface area contributed by atoms with E-state index in [1.807, 2.05) is 30.3 Å². The normalized spacial score (nSPS) is 18.2. The van der Waals surface area contributed by atoms with Gasteiger partial charge in [-0.15, -0.1) is 0 Å². The number of fused-ring (bicyclic) bond motifs is 1. The zero-order valence-electron chi connectivity index (χ0n) is 17.2. The van der Waals surface area contributed by atoms with Gasteiger partial charge in [0.25, 0.3) is 5.56 Å². The lowest BCUT2D eigenvalue weighted by molar-refractivity contribution is -0.116. The van der Waals surface area contributed by atoms with Crippen LogP contribution in [0.15, 0.2) is 70.7 Å². The van der Waals surface area contributed by atoms with Crippen molar-refractivity contribution < 1.29 is 4.79 Å². The highest BCUT2D eigenvalue weighted by Gasteiger charge is 2.38. The largest absolute Gasteiger partial charge is 0.343 e. The molecule has 0 saturated carbocycles. The summed E-state index contributed by atoms with van der Waals surface area (Å²) in [5.74, 6) is 0.907. The number of H-pyrrole nitrogens is 1. The second-order valence-corrected chi connectivity index (χ2v) is 8.42. The maximum absolute atomic E-state index is 13.5. The van der Waals surface area contributed by atoms with E-state index in [4.69, 9.17) is 0 Å². The second kappa shape index (κ2) is 7.17. The zero-order valence-corrected chi connectivity index (χ0v) is 17.2. The summed E-state index contributed by atoms with van der Waals surface area (Å²) in [6, 6.07) is 17.9. The number of hydrogen-bond acceptors (Lipinski definition) is 3. The fourth-order valence-corrected chi connectivity index (χ4v) is 4.60. The number of para-hydroxylation sites is 1. The number of ketones is 1. The molecule has 30 heavy (non-hydrogen) atoms. The minimum atomic E-state index is -0.348. The number of benzene rings is 2. The van der Waals surface area contributed by atoms with Crippen LogP contribution < -0.4 is 10.9 Å². The van der Waals surface area contributed by atoms with E-state index in [9.17, 15) is 9.59 Å². The molecule has 3 aromatic rings. The smallest absolute Gasteiger partial charge is 0.277 e. The molecule has 0 fully saturated rings. The van der Waals surface area contributed by atoms with Crippen molar-refractivity contribution >= 4 is 11.6 Å². The number of hydrogen-bond donors (Lipinski definition) is 2. The van der Waals surface area contributed by atoms with Crippen LogP contribution in [-0.2, 0) is 4.79 Å². The van der Waals surface area contributed by atoms with E-state index >= 15 is 0 Å². The molecule has 152 valence electrons. The monoisotopic (exact) mass is 399 g/mol. The first-order valence-electron chi connectivity index (χ1n) is 10.6. The van der Waals surface area contributed by atoms with E-state index in [2.05, 4.69) is 48.5 Å². The second-order valence-electron chi connectivity index (χ2n) is 8.42. The van der Waals surface area contributed by atoms with Gasteiger partial charge in [-0.05, 0) is 42.0 Å². The highest BCUT2D eigenvalue weighted by atomic mass is 16.1. The lowest BCUT2D eigenvalue weighted by Gasteiger charge is -2.31. The van der Waals surface area contributed by atoms with Gasteiger partial charge in [-0.25, -0.2) is 4.68 Å². The molecule has 1 aliphatic heterocycles. The van der Waals surface area contributed by atoms with Crippen molar-refractivity contribution in [2.45, 2.75) is 44.9 Å². The lowest BCUT2D eigenvalue weighted by atomic mass is 9.76. The minimum Gasteiger partial charge on any atom is -0.343 e. The Bertz CT molecular complexity index is 1200. The summed E-state index contributed by atoms with van der Waals surface area (Å²) in [5, 5.41) is 6.62. The third-order valence-electron chi connectivity index (χ3n) is 6.19. The maximum atomic E-state index is 13.5. The SMILES string of the molecule is CC(C)c1ccc([C@H]2C3=C(CCCC3=O)Nc3[nH]n(-c4ccccc4)c(=O)c32)cc1. The van der Waals surface area contributed by atoms with Gasteiger partial charge in [0.1, 0.15) is 5.82 Å². The number of nitrogens with zero attached hydrogens (tertiary/aromatic N) is 1. The predicted octanol–water partition coefficient (Wildman–Crippen LogP) is 4.85. The van der Waals surface area contributed by atoms with E-state index in [0.29, 0.717) is 23.7 Å². The summed E-state index contributed by atoms with van der Waals surface area (Å²) in [6.07, 6.45) is 2.19. The molecule has 0 radical (unpaired) electrons. The van der Waals surface area contributed by atoms with Crippen LogP contribution in [0.2, 0.25) is 0 Å². The van der Waals surface area contributed by atoms with Gasteiger partial charge in [-0.3, -0.25) is 14.7 Å². The van der Waals surface area contributed by atoms with E-state index < -0.39 is 0 Å². The average molecular weight is 399 g/mol. The Morgan fingerprint density at radius 2 is 1.70 bits per heavy atom.